The molecule has 19 heavy (non-hydrogen) atoms. The van der Waals surface area contributed by atoms with E-state index in [9.17, 15) is 4.39 Å². The number of hydrogen-bond acceptors (Lipinski definition) is 3. The second-order valence-corrected chi connectivity index (χ2v) is 5.44. The maximum atomic E-state index is 13.9. The first-order valence-electron chi connectivity index (χ1n) is 6.44. The number of nitrogens with zero attached hydrogens (tertiary/aromatic N) is 1. The highest BCUT2D eigenvalue weighted by atomic mass is 32.1. The van der Waals surface area contributed by atoms with Crippen LogP contribution in [-0.4, -0.2) is 36.2 Å². The summed E-state index contributed by atoms with van der Waals surface area (Å²) in [6.45, 7) is 2.23. The third kappa shape index (κ3) is 3.96. The lowest BCUT2D eigenvalue weighted by molar-refractivity contribution is 0.0790. The van der Waals surface area contributed by atoms with Gasteiger partial charge in [-0.25, -0.2) is 4.39 Å². The van der Waals surface area contributed by atoms with Crippen LogP contribution in [0, 0.1) is 5.82 Å². The molecule has 1 aromatic carbocycles. The molecule has 0 saturated carbocycles. The lowest BCUT2D eigenvalue weighted by atomic mass is 10.1. The van der Waals surface area contributed by atoms with Crippen molar-refractivity contribution >= 4 is 17.2 Å². The largest absolute Gasteiger partial charge is 0.389 e. The first kappa shape index (κ1) is 14.4. The summed E-state index contributed by atoms with van der Waals surface area (Å²) in [5.41, 5.74) is 6.70. The Hall–Kier alpha value is -1.04. The Kier molecular flexibility index (Phi) is 4.85. The lowest BCUT2D eigenvalue weighted by Gasteiger charge is -2.20. The summed E-state index contributed by atoms with van der Waals surface area (Å²) in [6, 6.07) is 4.91. The number of hydrogen-bond donors (Lipinski definition) is 1. The van der Waals surface area contributed by atoms with Crippen LogP contribution in [0.3, 0.4) is 0 Å². The van der Waals surface area contributed by atoms with Gasteiger partial charge >= 0.3 is 0 Å². The quantitative estimate of drug-likeness (QED) is 0.839. The van der Waals surface area contributed by atoms with E-state index in [1.54, 1.807) is 12.1 Å². The van der Waals surface area contributed by atoms with Crippen LogP contribution in [0.4, 0.5) is 4.39 Å². The Bertz CT molecular complexity index is 461. The molecular formula is C14H19FN2OS. The fourth-order valence-corrected chi connectivity index (χ4v) is 2.45. The molecular weight excluding hydrogens is 263 g/mol. The van der Waals surface area contributed by atoms with E-state index in [1.165, 1.54) is 6.07 Å². The van der Waals surface area contributed by atoms with Crippen molar-refractivity contribution < 1.29 is 9.13 Å². The zero-order valence-electron chi connectivity index (χ0n) is 11.1. The molecule has 1 unspecified atom stereocenters. The number of benzene rings is 1. The highest BCUT2D eigenvalue weighted by Gasteiger charge is 2.18. The zero-order valence-corrected chi connectivity index (χ0v) is 11.9. The van der Waals surface area contributed by atoms with Crippen LogP contribution < -0.4 is 5.73 Å². The summed E-state index contributed by atoms with van der Waals surface area (Å²) < 4.78 is 19.5. The van der Waals surface area contributed by atoms with Gasteiger partial charge in [0.15, 0.2) is 0 Å². The molecule has 0 spiro atoms. The predicted octanol–water partition coefficient (Wildman–Crippen LogP) is 2.07. The van der Waals surface area contributed by atoms with E-state index in [0.717, 1.165) is 26.0 Å². The van der Waals surface area contributed by atoms with E-state index < -0.39 is 0 Å². The van der Waals surface area contributed by atoms with Crippen LogP contribution in [0.25, 0.3) is 0 Å². The lowest BCUT2D eigenvalue weighted by Crippen LogP contribution is -2.28. The summed E-state index contributed by atoms with van der Waals surface area (Å²) in [4.78, 5) is 2.30. The fraction of sp³-hybridized carbons (Fsp3) is 0.500. The predicted molar refractivity (Wildman–Crippen MR) is 77.6 cm³/mol. The Morgan fingerprint density at radius 1 is 1.58 bits per heavy atom. The molecule has 3 nitrogen and oxygen atoms in total. The number of nitrogens with two attached hydrogens (primary N) is 1. The van der Waals surface area contributed by atoms with E-state index in [4.69, 9.17) is 22.7 Å². The van der Waals surface area contributed by atoms with Gasteiger partial charge in [0.05, 0.1) is 6.10 Å². The van der Waals surface area contributed by atoms with Gasteiger partial charge < -0.3 is 10.5 Å². The number of rotatable bonds is 5. The van der Waals surface area contributed by atoms with E-state index >= 15 is 0 Å². The number of likely N-dealkylation sites (N-methyl/N-ethyl adjacent to an activating group) is 1. The summed E-state index contributed by atoms with van der Waals surface area (Å²) in [5.74, 6) is -0.260. The van der Waals surface area contributed by atoms with Crippen molar-refractivity contribution in [2.24, 2.45) is 5.73 Å². The molecule has 0 aromatic heterocycles. The molecule has 1 aliphatic rings. The maximum Gasteiger partial charge on any atom is 0.128 e. The minimum atomic E-state index is -0.260. The molecule has 1 atom stereocenters. The molecule has 0 aliphatic carbocycles. The first-order chi connectivity index (χ1) is 9.06. The van der Waals surface area contributed by atoms with Crippen LogP contribution in [0.15, 0.2) is 18.2 Å². The van der Waals surface area contributed by atoms with Crippen LogP contribution in [0.1, 0.15) is 24.0 Å². The number of ether oxygens (including phenoxy) is 1. The highest BCUT2D eigenvalue weighted by molar-refractivity contribution is 7.80. The smallest absolute Gasteiger partial charge is 0.128 e. The average Bonchev–Trinajstić information content (AvgIpc) is 2.84. The van der Waals surface area contributed by atoms with Gasteiger partial charge in [0.25, 0.3) is 0 Å². The van der Waals surface area contributed by atoms with Crippen molar-refractivity contribution in [3.8, 4) is 0 Å². The molecule has 1 fully saturated rings. The standard InChI is InChI=1S/C14H19FN2OS/c1-17(9-12-3-2-6-18-12)8-11-5-4-10(14(16)19)7-13(11)15/h4-5,7,12H,2-3,6,8-9H2,1H3,(H2,16,19). The summed E-state index contributed by atoms with van der Waals surface area (Å²) in [6.07, 6.45) is 2.49. The van der Waals surface area contributed by atoms with Crippen molar-refractivity contribution in [2.75, 3.05) is 20.2 Å². The minimum Gasteiger partial charge on any atom is -0.389 e. The maximum absolute atomic E-state index is 13.9. The zero-order chi connectivity index (χ0) is 13.8. The Labute approximate surface area is 118 Å². The van der Waals surface area contributed by atoms with Gasteiger partial charge in [0, 0.05) is 30.8 Å². The van der Waals surface area contributed by atoms with Gasteiger partial charge in [-0.3, -0.25) is 4.90 Å². The first-order valence-corrected chi connectivity index (χ1v) is 6.85. The van der Waals surface area contributed by atoms with Crippen LogP contribution in [0.2, 0.25) is 0 Å². The molecule has 1 aromatic rings. The van der Waals surface area contributed by atoms with Gasteiger partial charge in [0.2, 0.25) is 0 Å². The van der Waals surface area contributed by atoms with Crippen LogP contribution in [-0.2, 0) is 11.3 Å². The Balaban J connectivity index is 1.96. The highest BCUT2D eigenvalue weighted by Crippen LogP contribution is 2.16. The SMILES string of the molecule is CN(Cc1ccc(C(N)=S)cc1F)CC1CCCO1. The molecule has 2 rings (SSSR count). The minimum absolute atomic E-state index is 0.221. The Morgan fingerprint density at radius 3 is 2.95 bits per heavy atom. The third-order valence-corrected chi connectivity index (χ3v) is 3.55. The van der Waals surface area contributed by atoms with Crippen LogP contribution in [0.5, 0.6) is 0 Å². The summed E-state index contributed by atoms with van der Waals surface area (Å²) >= 11 is 4.83. The summed E-state index contributed by atoms with van der Waals surface area (Å²) in [7, 11) is 1.97. The number of halogens is 1. The second kappa shape index (κ2) is 6.41. The molecule has 0 radical (unpaired) electrons. The van der Waals surface area contributed by atoms with Gasteiger partial charge in [-0.05, 0) is 26.0 Å². The van der Waals surface area contributed by atoms with Crippen molar-refractivity contribution in [3.05, 3.63) is 35.1 Å². The average molecular weight is 282 g/mol. The molecule has 0 bridgehead atoms. The van der Waals surface area contributed by atoms with Crippen LogP contribution >= 0.6 is 12.2 Å². The van der Waals surface area contributed by atoms with Gasteiger partial charge in [-0.15, -0.1) is 0 Å². The third-order valence-electron chi connectivity index (χ3n) is 3.32. The fourth-order valence-electron chi connectivity index (χ4n) is 2.32. The van der Waals surface area contributed by atoms with Gasteiger partial charge in [-0.2, -0.15) is 0 Å². The normalized spacial score (nSPS) is 19.0. The van der Waals surface area contributed by atoms with E-state index in [0.29, 0.717) is 17.7 Å². The van der Waals surface area contributed by atoms with E-state index in [2.05, 4.69) is 4.90 Å². The van der Waals surface area contributed by atoms with E-state index in [1.807, 2.05) is 7.05 Å². The molecule has 104 valence electrons. The summed E-state index contributed by atoms with van der Waals surface area (Å²) in [5, 5.41) is 0. The van der Waals surface area contributed by atoms with Crippen molar-refractivity contribution in [1.82, 2.24) is 4.90 Å². The van der Waals surface area contributed by atoms with Crippen molar-refractivity contribution in [2.45, 2.75) is 25.5 Å². The van der Waals surface area contributed by atoms with E-state index in [-0.39, 0.29) is 16.9 Å². The van der Waals surface area contributed by atoms with Gasteiger partial charge in [-0.1, -0.05) is 24.4 Å². The second-order valence-electron chi connectivity index (χ2n) is 5.00. The number of thiocarbonyl (C=S) groups is 1. The monoisotopic (exact) mass is 282 g/mol. The molecule has 5 heteroatoms. The molecule has 0 amide bonds. The van der Waals surface area contributed by atoms with Crippen molar-refractivity contribution in [3.63, 3.8) is 0 Å². The molecule has 1 aliphatic heterocycles. The van der Waals surface area contributed by atoms with Gasteiger partial charge in [0.1, 0.15) is 10.8 Å². The molecule has 2 N–H and O–H groups in total. The Morgan fingerprint density at radius 2 is 2.37 bits per heavy atom. The molecule has 1 heterocycles. The topological polar surface area (TPSA) is 38.5 Å². The van der Waals surface area contributed by atoms with Crippen molar-refractivity contribution in [1.29, 1.82) is 0 Å². The molecule has 1 saturated heterocycles.